The van der Waals surface area contributed by atoms with Gasteiger partial charge in [-0.05, 0) is 23.9 Å². The van der Waals surface area contributed by atoms with Gasteiger partial charge in [0.05, 0.1) is 0 Å². The van der Waals surface area contributed by atoms with E-state index in [9.17, 15) is 0 Å². The summed E-state index contributed by atoms with van der Waals surface area (Å²) < 4.78 is 0. The summed E-state index contributed by atoms with van der Waals surface area (Å²) in [6.07, 6.45) is 7.27. The maximum atomic E-state index is 3.60. The normalized spacial score (nSPS) is 19.1. The van der Waals surface area contributed by atoms with Crippen molar-refractivity contribution in [3.8, 4) is 0 Å². The van der Waals surface area contributed by atoms with Crippen LogP contribution in [0.3, 0.4) is 0 Å². The van der Waals surface area contributed by atoms with Crippen LogP contribution in [0.4, 0.5) is 0 Å². The van der Waals surface area contributed by atoms with E-state index in [1.54, 1.807) is 0 Å². The molecule has 1 aliphatic rings. The van der Waals surface area contributed by atoms with E-state index in [1.807, 2.05) is 0 Å². The number of rotatable bonds is 5. The average Bonchev–Trinajstić information content (AvgIpc) is 2.41. The molecular weight excluding hydrogens is 206 g/mol. The molecule has 1 fully saturated rings. The van der Waals surface area contributed by atoms with Crippen molar-refractivity contribution in [2.75, 3.05) is 6.54 Å². The highest BCUT2D eigenvalue weighted by Gasteiger charge is 2.19. The van der Waals surface area contributed by atoms with Crippen LogP contribution in [0.2, 0.25) is 0 Å². The SMILES string of the molecule is C[C@@H](CNCc1ccccc1)C1CCCCC1. The number of hydrogen-bond donors (Lipinski definition) is 1. The fourth-order valence-corrected chi connectivity index (χ4v) is 2.91. The second kappa shape index (κ2) is 6.80. The van der Waals surface area contributed by atoms with Crippen LogP contribution in [0.1, 0.15) is 44.6 Å². The van der Waals surface area contributed by atoms with Gasteiger partial charge in [-0.25, -0.2) is 0 Å². The predicted octanol–water partition coefficient (Wildman–Crippen LogP) is 3.99. The fourth-order valence-electron chi connectivity index (χ4n) is 2.91. The van der Waals surface area contributed by atoms with E-state index in [4.69, 9.17) is 0 Å². The van der Waals surface area contributed by atoms with Gasteiger partial charge in [0.1, 0.15) is 0 Å². The third-order valence-electron chi connectivity index (χ3n) is 4.09. The van der Waals surface area contributed by atoms with Crippen LogP contribution in [-0.2, 0) is 6.54 Å². The molecule has 0 aromatic heterocycles. The first-order valence-electron chi connectivity index (χ1n) is 7.11. The molecule has 0 amide bonds. The lowest BCUT2D eigenvalue weighted by Crippen LogP contribution is -2.27. The van der Waals surface area contributed by atoms with Gasteiger partial charge in [0.25, 0.3) is 0 Å². The summed E-state index contributed by atoms with van der Waals surface area (Å²) in [5, 5.41) is 3.60. The molecule has 0 spiro atoms. The van der Waals surface area contributed by atoms with E-state index in [0.29, 0.717) is 0 Å². The Bertz CT molecular complexity index is 301. The molecule has 0 heterocycles. The first-order chi connectivity index (χ1) is 8.36. The Kier molecular flexibility index (Phi) is 5.06. The predicted molar refractivity (Wildman–Crippen MR) is 73.9 cm³/mol. The van der Waals surface area contributed by atoms with Crippen molar-refractivity contribution < 1.29 is 0 Å². The minimum Gasteiger partial charge on any atom is -0.312 e. The lowest BCUT2D eigenvalue weighted by molar-refractivity contribution is 0.256. The van der Waals surface area contributed by atoms with E-state index in [1.165, 1.54) is 44.2 Å². The van der Waals surface area contributed by atoms with Crippen LogP contribution in [0.25, 0.3) is 0 Å². The number of benzene rings is 1. The zero-order chi connectivity index (χ0) is 11.9. The maximum absolute atomic E-state index is 3.60. The van der Waals surface area contributed by atoms with E-state index >= 15 is 0 Å². The standard InChI is InChI=1S/C16H25N/c1-14(16-10-6-3-7-11-16)12-17-13-15-8-4-2-5-9-15/h2,4-5,8-9,14,16-17H,3,6-7,10-13H2,1H3/t14-/m0/s1. The molecule has 0 aliphatic heterocycles. The van der Waals surface area contributed by atoms with Crippen molar-refractivity contribution in [2.24, 2.45) is 11.8 Å². The Morgan fingerprint density at radius 1 is 1.12 bits per heavy atom. The van der Waals surface area contributed by atoms with Gasteiger partial charge >= 0.3 is 0 Å². The van der Waals surface area contributed by atoms with Crippen molar-refractivity contribution >= 4 is 0 Å². The maximum Gasteiger partial charge on any atom is 0.0205 e. The molecule has 94 valence electrons. The van der Waals surface area contributed by atoms with Gasteiger partial charge < -0.3 is 5.32 Å². The van der Waals surface area contributed by atoms with Gasteiger partial charge in [0, 0.05) is 6.54 Å². The summed E-state index contributed by atoms with van der Waals surface area (Å²) in [7, 11) is 0. The Balaban J connectivity index is 1.67. The monoisotopic (exact) mass is 231 g/mol. The van der Waals surface area contributed by atoms with Gasteiger partial charge in [-0.2, -0.15) is 0 Å². The lowest BCUT2D eigenvalue weighted by atomic mass is 9.81. The van der Waals surface area contributed by atoms with Crippen molar-refractivity contribution in [3.05, 3.63) is 35.9 Å². The molecule has 2 rings (SSSR count). The van der Waals surface area contributed by atoms with E-state index < -0.39 is 0 Å². The quantitative estimate of drug-likeness (QED) is 0.808. The molecule has 1 atom stereocenters. The van der Waals surface area contributed by atoms with Gasteiger partial charge in [-0.15, -0.1) is 0 Å². The van der Waals surface area contributed by atoms with Crippen molar-refractivity contribution in [3.63, 3.8) is 0 Å². The fraction of sp³-hybridized carbons (Fsp3) is 0.625. The minimum atomic E-state index is 0.832. The first-order valence-corrected chi connectivity index (χ1v) is 7.11. The molecule has 1 saturated carbocycles. The Hall–Kier alpha value is -0.820. The van der Waals surface area contributed by atoms with E-state index in [2.05, 4.69) is 42.6 Å². The van der Waals surface area contributed by atoms with Crippen LogP contribution >= 0.6 is 0 Å². The molecule has 0 radical (unpaired) electrons. The Labute approximate surface area is 106 Å². The summed E-state index contributed by atoms with van der Waals surface area (Å²) in [6, 6.07) is 10.7. The van der Waals surface area contributed by atoms with Crippen molar-refractivity contribution in [1.82, 2.24) is 5.32 Å². The smallest absolute Gasteiger partial charge is 0.0205 e. The first kappa shape index (κ1) is 12.6. The van der Waals surface area contributed by atoms with Gasteiger partial charge in [0.15, 0.2) is 0 Å². The molecule has 1 N–H and O–H groups in total. The van der Waals surface area contributed by atoms with Gasteiger partial charge in [0.2, 0.25) is 0 Å². The molecule has 1 heteroatoms. The van der Waals surface area contributed by atoms with Crippen molar-refractivity contribution in [1.29, 1.82) is 0 Å². The third-order valence-corrected chi connectivity index (χ3v) is 4.09. The zero-order valence-electron chi connectivity index (χ0n) is 11.0. The Morgan fingerprint density at radius 3 is 2.53 bits per heavy atom. The summed E-state index contributed by atoms with van der Waals surface area (Å²) >= 11 is 0. The van der Waals surface area contributed by atoms with Gasteiger partial charge in [-0.3, -0.25) is 0 Å². The second-order valence-corrected chi connectivity index (χ2v) is 5.49. The molecule has 0 unspecified atom stereocenters. The van der Waals surface area contributed by atoms with Crippen LogP contribution in [-0.4, -0.2) is 6.54 Å². The molecular formula is C16H25N. The van der Waals surface area contributed by atoms with Crippen LogP contribution in [0.5, 0.6) is 0 Å². The van der Waals surface area contributed by atoms with Gasteiger partial charge in [-0.1, -0.05) is 69.4 Å². The number of hydrogen-bond acceptors (Lipinski definition) is 1. The third kappa shape index (κ3) is 4.16. The van der Waals surface area contributed by atoms with Crippen LogP contribution in [0.15, 0.2) is 30.3 Å². The van der Waals surface area contributed by atoms with Crippen molar-refractivity contribution in [2.45, 2.75) is 45.6 Å². The largest absolute Gasteiger partial charge is 0.312 e. The summed E-state index contributed by atoms with van der Waals surface area (Å²) in [5.74, 6) is 1.80. The Morgan fingerprint density at radius 2 is 1.82 bits per heavy atom. The number of nitrogens with one attached hydrogen (secondary N) is 1. The van der Waals surface area contributed by atoms with E-state index in [0.717, 1.165) is 18.4 Å². The highest BCUT2D eigenvalue weighted by Crippen LogP contribution is 2.29. The molecule has 1 aromatic carbocycles. The second-order valence-electron chi connectivity index (χ2n) is 5.49. The molecule has 0 bridgehead atoms. The zero-order valence-corrected chi connectivity index (χ0v) is 11.0. The van der Waals surface area contributed by atoms with E-state index in [-0.39, 0.29) is 0 Å². The summed E-state index contributed by atoms with van der Waals surface area (Å²) in [6.45, 7) is 4.59. The highest BCUT2D eigenvalue weighted by molar-refractivity contribution is 5.14. The minimum absolute atomic E-state index is 0.832. The molecule has 0 saturated heterocycles. The molecule has 1 aliphatic carbocycles. The summed E-state index contributed by atoms with van der Waals surface area (Å²) in [5.41, 5.74) is 1.39. The average molecular weight is 231 g/mol. The highest BCUT2D eigenvalue weighted by atomic mass is 14.9. The molecule has 1 nitrogen and oxygen atoms in total. The molecule has 17 heavy (non-hydrogen) atoms. The lowest BCUT2D eigenvalue weighted by Gasteiger charge is -2.27. The topological polar surface area (TPSA) is 12.0 Å². The molecule has 1 aromatic rings. The van der Waals surface area contributed by atoms with Crippen LogP contribution in [0, 0.1) is 11.8 Å². The summed E-state index contributed by atoms with van der Waals surface area (Å²) in [4.78, 5) is 0. The van der Waals surface area contributed by atoms with Crippen LogP contribution < -0.4 is 5.32 Å².